The number of hydrogen-bond donors (Lipinski definition) is 1. The summed E-state index contributed by atoms with van der Waals surface area (Å²) in [5.74, 6) is 1.11. The smallest absolute Gasteiger partial charge is 0.273 e. The third kappa shape index (κ3) is 2.81. The zero-order valence-corrected chi connectivity index (χ0v) is 12.1. The van der Waals surface area contributed by atoms with Crippen molar-refractivity contribution in [3.05, 3.63) is 24.3 Å². The quantitative estimate of drug-likeness (QED) is 0.887. The van der Waals surface area contributed by atoms with E-state index in [2.05, 4.69) is 10.2 Å². The van der Waals surface area contributed by atoms with Crippen molar-refractivity contribution in [2.45, 2.75) is 25.0 Å². The number of hydrogen-bond acceptors (Lipinski definition) is 5. The molecule has 2 rings (SSSR count). The molecule has 0 aliphatic carbocycles. The normalized spacial score (nSPS) is 11.6. The van der Waals surface area contributed by atoms with Gasteiger partial charge in [-0.05, 0) is 18.6 Å². The number of benzene rings is 1. The fraction of sp³-hybridized carbons (Fsp3) is 0.333. The summed E-state index contributed by atoms with van der Waals surface area (Å²) >= 11 is 0. The van der Waals surface area contributed by atoms with Gasteiger partial charge in [0, 0.05) is 12.1 Å². The molecule has 2 N–H and O–H groups in total. The third-order valence-electron chi connectivity index (χ3n) is 2.75. The predicted molar refractivity (Wildman–Crippen MR) is 73.7 cm³/mol. The van der Waals surface area contributed by atoms with E-state index in [4.69, 9.17) is 9.88 Å². The van der Waals surface area contributed by atoms with Crippen LogP contribution in [0, 0.1) is 0 Å². The van der Waals surface area contributed by atoms with Gasteiger partial charge in [0.25, 0.3) is 15.2 Å². The molecule has 20 heavy (non-hydrogen) atoms. The van der Waals surface area contributed by atoms with Gasteiger partial charge >= 0.3 is 0 Å². The van der Waals surface area contributed by atoms with E-state index in [0.29, 0.717) is 18.1 Å². The summed E-state index contributed by atoms with van der Waals surface area (Å²) in [6.45, 7) is 2.40. The largest absolute Gasteiger partial charge is 0.497 e. The number of primary sulfonamides is 1. The number of ether oxygens (including phenoxy) is 1. The summed E-state index contributed by atoms with van der Waals surface area (Å²) in [6, 6.07) is 7.18. The van der Waals surface area contributed by atoms with Crippen LogP contribution in [0.2, 0.25) is 0 Å². The summed E-state index contributed by atoms with van der Waals surface area (Å²) in [4.78, 5) is 0. The van der Waals surface area contributed by atoms with E-state index >= 15 is 0 Å². The monoisotopic (exact) mass is 296 g/mol. The van der Waals surface area contributed by atoms with Crippen LogP contribution >= 0.6 is 0 Å². The van der Waals surface area contributed by atoms with Crippen LogP contribution in [0.15, 0.2) is 29.4 Å². The lowest BCUT2D eigenvalue weighted by atomic mass is 10.2. The molecule has 2 aromatic rings. The van der Waals surface area contributed by atoms with Crippen LogP contribution in [-0.2, 0) is 16.6 Å². The van der Waals surface area contributed by atoms with Crippen molar-refractivity contribution in [3.8, 4) is 17.1 Å². The third-order valence-corrected chi connectivity index (χ3v) is 3.56. The molecular formula is C12H16N4O3S. The van der Waals surface area contributed by atoms with Crippen LogP contribution in [0.25, 0.3) is 11.4 Å². The highest BCUT2D eigenvalue weighted by atomic mass is 32.2. The number of rotatable bonds is 5. The fourth-order valence-electron chi connectivity index (χ4n) is 1.90. The Labute approximate surface area is 117 Å². The predicted octanol–water partition coefficient (Wildman–Crippen LogP) is 1.01. The Morgan fingerprint density at radius 2 is 2.10 bits per heavy atom. The van der Waals surface area contributed by atoms with Crippen molar-refractivity contribution < 1.29 is 13.2 Å². The maximum atomic E-state index is 11.5. The van der Waals surface area contributed by atoms with Gasteiger partial charge in [0.05, 0.1) is 7.11 Å². The van der Waals surface area contributed by atoms with Crippen LogP contribution in [-0.4, -0.2) is 30.3 Å². The molecule has 7 nitrogen and oxygen atoms in total. The van der Waals surface area contributed by atoms with Crippen molar-refractivity contribution in [1.29, 1.82) is 0 Å². The second-order valence-electron chi connectivity index (χ2n) is 4.23. The number of aromatic nitrogens is 3. The van der Waals surface area contributed by atoms with E-state index in [0.717, 1.165) is 12.0 Å². The van der Waals surface area contributed by atoms with E-state index in [1.807, 2.05) is 13.0 Å². The highest BCUT2D eigenvalue weighted by Gasteiger charge is 2.21. The Balaban J connectivity index is 2.59. The van der Waals surface area contributed by atoms with E-state index in [1.54, 1.807) is 25.3 Å². The van der Waals surface area contributed by atoms with Gasteiger partial charge in [-0.3, -0.25) is 4.57 Å². The Bertz CT molecular complexity index is 709. The van der Waals surface area contributed by atoms with Gasteiger partial charge in [-0.1, -0.05) is 19.1 Å². The molecule has 0 amide bonds. The zero-order valence-electron chi connectivity index (χ0n) is 11.3. The zero-order chi connectivity index (χ0) is 14.8. The average Bonchev–Trinajstić information content (AvgIpc) is 2.83. The van der Waals surface area contributed by atoms with Crippen molar-refractivity contribution in [2.75, 3.05) is 7.11 Å². The van der Waals surface area contributed by atoms with E-state index in [9.17, 15) is 8.42 Å². The van der Waals surface area contributed by atoms with E-state index < -0.39 is 10.0 Å². The molecule has 0 fully saturated rings. The molecule has 1 aromatic carbocycles. The molecule has 0 bridgehead atoms. The Morgan fingerprint density at radius 3 is 2.70 bits per heavy atom. The second-order valence-corrected chi connectivity index (χ2v) is 5.69. The van der Waals surface area contributed by atoms with Crippen molar-refractivity contribution in [2.24, 2.45) is 5.14 Å². The number of methoxy groups -OCH3 is 1. The molecule has 0 radical (unpaired) electrons. The maximum absolute atomic E-state index is 11.5. The van der Waals surface area contributed by atoms with Gasteiger partial charge in [0.1, 0.15) is 5.75 Å². The first kappa shape index (κ1) is 14.5. The fourth-order valence-corrected chi connectivity index (χ4v) is 2.54. The molecule has 1 heterocycles. The van der Waals surface area contributed by atoms with Crippen LogP contribution < -0.4 is 9.88 Å². The molecule has 0 atom stereocenters. The summed E-state index contributed by atoms with van der Waals surface area (Å²) in [6.07, 6.45) is 0.734. The van der Waals surface area contributed by atoms with Gasteiger partial charge in [-0.2, -0.15) is 0 Å². The minimum atomic E-state index is -3.90. The maximum Gasteiger partial charge on any atom is 0.273 e. The molecule has 0 saturated carbocycles. The first-order valence-corrected chi connectivity index (χ1v) is 7.62. The van der Waals surface area contributed by atoms with Crippen LogP contribution in [0.5, 0.6) is 5.75 Å². The summed E-state index contributed by atoms with van der Waals surface area (Å²) < 4.78 is 29.7. The first-order chi connectivity index (χ1) is 9.47. The van der Waals surface area contributed by atoms with E-state index in [1.165, 1.54) is 4.57 Å². The van der Waals surface area contributed by atoms with Crippen molar-refractivity contribution >= 4 is 10.0 Å². The average molecular weight is 296 g/mol. The standard InChI is InChI=1S/C12H16N4O3S/c1-3-7-16-11(14-15-12(16)20(13,17)18)9-5-4-6-10(8-9)19-2/h4-6,8H,3,7H2,1-2H3,(H2,13,17,18). The molecule has 0 aliphatic rings. The highest BCUT2D eigenvalue weighted by molar-refractivity contribution is 7.89. The SMILES string of the molecule is CCCn1c(-c2cccc(OC)c2)nnc1S(N)(=O)=O. The first-order valence-electron chi connectivity index (χ1n) is 6.07. The van der Waals surface area contributed by atoms with Crippen molar-refractivity contribution in [1.82, 2.24) is 14.8 Å². The molecule has 8 heteroatoms. The molecule has 0 spiro atoms. The summed E-state index contributed by atoms with van der Waals surface area (Å²) in [7, 11) is -2.34. The lowest BCUT2D eigenvalue weighted by Crippen LogP contribution is -2.19. The Morgan fingerprint density at radius 1 is 1.35 bits per heavy atom. The van der Waals surface area contributed by atoms with E-state index in [-0.39, 0.29) is 5.16 Å². The molecule has 0 aliphatic heterocycles. The number of sulfonamides is 1. The van der Waals surface area contributed by atoms with Gasteiger partial charge in [0.2, 0.25) is 0 Å². The van der Waals surface area contributed by atoms with Crippen molar-refractivity contribution in [3.63, 3.8) is 0 Å². The van der Waals surface area contributed by atoms with Gasteiger partial charge in [-0.25, -0.2) is 13.6 Å². The van der Waals surface area contributed by atoms with Crippen LogP contribution in [0.1, 0.15) is 13.3 Å². The molecular weight excluding hydrogens is 280 g/mol. The summed E-state index contributed by atoms with van der Waals surface area (Å²) in [5, 5.41) is 12.6. The molecule has 0 saturated heterocycles. The number of nitrogens with two attached hydrogens (primary N) is 1. The number of nitrogens with zero attached hydrogens (tertiary/aromatic N) is 3. The minimum Gasteiger partial charge on any atom is -0.497 e. The van der Waals surface area contributed by atoms with Crippen LogP contribution in [0.4, 0.5) is 0 Å². The minimum absolute atomic E-state index is 0.225. The molecule has 1 aromatic heterocycles. The van der Waals surface area contributed by atoms with Gasteiger partial charge in [-0.15, -0.1) is 10.2 Å². The Kier molecular flexibility index (Phi) is 4.05. The highest BCUT2D eigenvalue weighted by Crippen LogP contribution is 2.24. The van der Waals surface area contributed by atoms with Gasteiger partial charge < -0.3 is 4.74 Å². The summed E-state index contributed by atoms with van der Waals surface area (Å²) in [5.41, 5.74) is 0.722. The van der Waals surface area contributed by atoms with Gasteiger partial charge in [0.15, 0.2) is 5.82 Å². The lowest BCUT2D eigenvalue weighted by molar-refractivity contribution is 0.415. The lowest BCUT2D eigenvalue weighted by Gasteiger charge is -2.08. The molecule has 0 unspecified atom stereocenters. The Hall–Kier alpha value is -1.93. The molecule has 108 valence electrons. The topological polar surface area (TPSA) is 100 Å². The van der Waals surface area contributed by atoms with Crippen LogP contribution in [0.3, 0.4) is 0 Å². The second kappa shape index (κ2) is 5.59.